The number of benzene rings is 4. The molecule has 1 amide bonds. The number of nitrogens with one attached hydrogen (secondary N) is 1. The van der Waals surface area contributed by atoms with E-state index in [1.807, 2.05) is 65.6 Å². The predicted molar refractivity (Wildman–Crippen MR) is 155 cm³/mol. The van der Waals surface area contributed by atoms with E-state index in [9.17, 15) is 18.8 Å². The number of anilines is 2. The minimum atomic E-state index is -1.38. The topological polar surface area (TPSA) is 66.5 Å². The van der Waals surface area contributed by atoms with E-state index in [1.165, 1.54) is 24.3 Å². The van der Waals surface area contributed by atoms with E-state index in [-0.39, 0.29) is 23.0 Å². The average molecular weight is 593 g/mol. The molecule has 196 valence electrons. The van der Waals surface area contributed by atoms with Crippen molar-refractivity contribution in [1.82, 2.24) is 0 Å². The Labute approximate surface area is 238 Å². The van der Waals surface area contributed by atoms with Gasteiger partial charge in [0, 0.05) is 27.0 Å². The molecule has 1 fully saturated rings. The van der Waals surface area contributed by atoms with Crippen LogP contribution in [0, 0.1) is 11.7 Å². The molecule has 0 radical (unpaired) electrons. The number of ketones is 2. The fraction of sp³-hybridized carbons (Fsp3) is 0.121. The number of fused-ring (bicyclic) bond motifs is 6. The summed E-state index contributed by atoms with van der Waals surface area (Å²) in [5.74, 6) is -2.51. The lowest BCUT2D eigenvalue weighted by molar-refractivity contribution is -0.121. The molecule has 0 unspecified atom stereocenters. The fourth-order valence-electron chi connectivity index (χ4n) is 6.70. The minimum Gasteiger partial charge on any atom is -0.352 e. The van der Waals surface area contributed by atoms with E-state index in [1.54, 1.807) is 24.3 Å². The highest BCUT2D eigenvalue weighted by Gasteiger charge is 2.70. The summed E-state index contributed by atoms with van der Waals surface area (Å²) >= 11 is 3.43. The predicted octanol–water partition coefficient (Wildman–Crippen LogP) is 6.44. The maximum atomic E-state index is 14.7. The molecule has 4 aromatic carbocycles. The maximum Gasteiger partial charge on any atom is 0.238 e. The fourth-order valence-corrected chi connectivity index (χ4v) is 6.96. The number of Topliss-reactive ketones (excluding diaryl/α,β-unsaturated/α-hetero) is 2. The van der Waals surface area contributed by atoms with E-state index < -0.39 is 29.2 Å². The average Bonchev–Trinajstić information content (AvgIpc) is 3.45. The zero-order valence-electron chi connectivity index (χ0n) is 21.1. The van der Waals surface area contributed by atoms with Gasteiger partial charge >= 0.3 is 0 Å². The van der Waals surface area contributed by atoms with Crippen molar-refractivity contribution >= 4 is 50.9 Å². The van der Waals surface area contributed by atoms with Gasteiger partial charge in [-0.3, -0.25) is 14.4 Å². The molecule has 4 atom stereocenters. The van der Waals surface area contributed by atoms with Crippen molar-refractivity contribution in [3.05, 3.63) is 136 Å². The third-order valence-electron chi connectivity index (χ3n) is 8.35. The van der Waals surface area contributed by atoms with Crippen molar-refractivity contribution in [1.29, 1.82) is 0 Å². The van der Waals surface area contributed by atoms with Crippen LogP contribution in [0.5, 0.6) is 0 Å². The SMILES string of the molecule is O=C(c1ccc(F)cc1)[C@@H]1[C@H](C(=O)c2ccc(Br)cc2)[C@]2(C(=O)Nc3ccccc32)[C@@H]2C=Cc3ccccc3N12. The lowest BCUT2D eigenvalue weighted by atomic mass is 9.64. The Hall–Kier alpha value is -4.36. The molecule has 7 heteroatoms. The van der Waals surface area contributed by atoms with Crippen LogP contribution in [0.25, 0.3) is 6.08 Å². The molecule has 0 bridgehead atoms. The van der Waals surface area contributed by atoms with E-state index in [2.05, 4.69) is 21.2 Å². The van der Waals surface area contributed by atoms with Gasteiger partial charge in [0.1, 0.15) is 17.3 Å². The van der Waals surface area contributed by atoms with Gasteiger partial charge in [-0.1, -0.05) is 76.6 Å². The van der Waals surface area contributed by atoms with E-state index in [0.717, 1.165) is 15.7 Å². The first-order chi connectivity index (χ1) is 19.4. The number of carbonyl (C=O) groups is 3. The van der Waals surface area contributed by atoms with Gasteiger partial charge in [0.15, 0.2) is 11.6 Å². The number of para-hydroxylation sites is 2. The van der Waals surface area contributed by atoms with Gasteiger partial charge in [0.2, 0.25) is 5.91 Å². The number of halogens is 2. The summed E-state index contributed by atoms with van der Waals surface area (Å²) in [6, 6.07) is 25.7. The molecule has 7 rings (SSSR count). The number of carbonyl (C=O) groups excluding carboxylic acids is 3. The van der Waals surface area contributed by atoms with Crippen LogP contribution < -0.4 is 10.2 Å². The molecule has 5 nitrogen and oxygen atoms in total. The molecular formula is C33H22BrFN2O3. The molecule has 1 N–H and O–H groups in total. The summed E-state index contributed by atoms with van der Waals surface area (Å²) in [7, 11) is 0. The van der Waals surface area contributed by atoms with Gasteiger partial charge in [-0.2, -0.15) is 0 Å². The summed E-state index contributed by atoms with van der Waals surface area (Å²) in [4.78, 5) is 45.4. The van der Waals surface area contributed by atoms with Gasteiger partial charge in [-0.25, -0.2) is 4.39 Å². The van der Waals surface area contributed by atoms with E-state index in [4.69, 9.17) is 0 Å². The molecule has 1 saturated heterocycles. The first-order valence-electron chi connectivity index (χ1n) is 13.0. The normalized spacial score (nSPS) is 23.9. The van der Waals surface area contributed by atoms with Gasteiger partial charge in [-0.05, 0) is 59.7 Å². The lowest BCUT2D eigenvalue weighted by Crippen LogP contribution is -2.51. The van der Waals surface area contributed by atoms with Crippen molar-refractivity contribution in [3.8, 4) is 0 Å². The number of hydrogen-bond donors (Lipinski definition) is 1. The molecule has 0 saturated carbocycles. The standard InChI is InChI=1S/C33H22BrFN2O3/c34-22-14-9-20(10-15-22)30(38)28-29(31(39)21-11-16-23(35)17-12-21)37-26-8-4-1-5-19(26)13-18-27(37)33(28)24-6-2-3-7-25(24)36-32(33)40/h1-18,27-29H,(H,36,40)/t27-,28+,29-,33+/m0/s1. The maximum absolute atomic E-state index is 14.7. The van der Waals surface area contributed by atoms with Crippen LogP contribution in [-0.2, 0) is 10.2 Å². The quantitative estimate of drug-likeness (QED) is 0.277. The summed E-state index contributed by atoms with van der Waals surface area (Å²) in [6.07, 6.45) is 3.89. The van der Waals surface area contributed by atoms with E-state index in [0.29, 0.717) is 16.8 Å². The van der Waals surface area contributed by atoms with Crippen molar-refractivity contribution < 1.29 is 18.8 Å². The van der Waals surface area contributed by atoms with Crippen molar-refractivity contribution in [2.24, 2.45) is 5.92 Å². The van der Waals surface area contributed by atoms with Gasteiger partial charge < -0.3 is 10.2 Å². The highest BCUT2D eigenvalue weighted by molar-refractivity contribution is 9.10. The lowest BCUT2D eigenvalue weighted by Gasteiger charge is -2.37. The molecule has 0 aliphatic carbocycles. The molecule has 1 spiro atoms. The summed E-state index contributed by atoms with van der Waals surface area (Å²) in [5, 5.41) is 3.02. The van der Waals surface area contributed by atoms with E-state index >= 15 is 0 Å². The second kappa shape index (κ2) is 9.10. The number of hydrogen-bond acceptors (Lipinski definition) is 4. The molecule has 0 aromatic heterocycles. The summed E-state index contributed by atoms with van der Waals surface area (Å²) in [6.45, 7) is 0. The molecule has 4 aromatic rings. The Bertz CT molecular complexity index is 1730. The van der Waals surface area contributed by atoms with Crippen LogP contribution in [-0.4, -0.2) is 29.6 Å². The number of nitrogens with zero attached hydrogens (tertiary/aromatic N) is 1. The number of rotatable bonds is 4. The highest BCUT2D eigenvalue weighted by Crippen LogP contribution is 2.58. The van der Waals surface area contributed by atoms with Crippen LogP contribution in [0.3, 0.4) is 0 Å². The van der Waals surface area contributed by atoms with Crippen LogP contribution in [0.1, 0.15) is 31.8 Å². The zero-order valence-corrected chi connectivity index (χ0v) is 22.6. The first kappa shape index (κ1) is 24.7. The van der Waals surface area contributed by atoms with Gasteiger partial charge in [0.05, 0.1) is 12.0 Å². The first-order valence-corrected chi connectivity index (χ1v) is 13.8. The summed E-state index contributed by atoms with van der Waals surface area (Å²) in [5.41, 5.74) is 2.25. The Morgan fingerprint density at radius 2 is 1.48 bits per heavy atom. The van der Waals surface area contributed by atoms with Crippen molar-refractivity contribution in [2.45, 2.75) is 17.5 Å². The summed E-state index contributed by atoms with van der Waals surface area (Å²) < 4.78 is 14.7. The Kier molecular flexibility index (Phi) is 5.61. The molecular weight excluding hydrogens is 571 g/mol. The third-order valence-corrected chi connectivity index (χ3v) is 8.88. The molecule has 40 heavy (non-hydrogen) atoms. The van der Waals surface area contributed by atoms with Crippen molar-refractivity contribution in [3.63, 3.8) is 0 Å². The zero-order chi connectivity index (χ0) is 27.6. The van der Waals surface area contributed by atoms with Crippen LogP contribution in [0.2, 0.25) is 0 Å². The molecule has 3 heterocycles. The van der Waals surface area contributed by atoms with Crippen LogP contribution in [0.4, 0.5) is 15.8 Å². The van der Waals surface area contributed by atoms with Gasteiger partial charge in [0.25, 0.3) is 0 Å². The third kappa shape index (κ3) is 3.40. The Morgan fingerprint density at radius 3 is 2.25 bits per heavy atom. The minimum absolute atomic E-state index is 0.273. The number of amides is 1. The molecule has 3 aliphatic rings. The van der Waals surface area contributed by atoms with Crippen molar-refractivity contribution in [2.75, 3.05) is 10.2 Å². The largest absolute Gasteiger partial charge is 0.352 e. The molecule has 3 aliphatic heterocycles. The monoisotopic (exact) mass is 592 g/mol. The second-order valence-electron chi connectivity index (χ2n) is 10.3. The Morgan fingerprint density at radius 1 is 0.825 bits per heavy atom. The second-order valence-corrected chi connectivity index (χ2v) is 11.2. The highest BCUT2D eigenvalue weighted by atomic mass is 79.9. The smallest absolute Gasteiger partial charge is 0.238 e. The van der Waals surface area contributed by atoms with Gasteiger partial charge in [-0.15, -0.1) is 0 Å². The van der Waals surface area contributed by atoms with Crippen LogP contribution >= 0.6 is 15.9 Å². The van der Waals surface area contributed by atoms with Crippen LogP contribution in [0.15, 0.2) is 108 Å². The Balaban J connectivity index is 1.53.